The molecule has 1 amide bonds. The van der Waals surface area contributed by atoms with Gasteiger partial charge in [-0.05, 0) is 33.6 Å². The topological polar surface area (TPSA) is 67.8 Å². The molecule has 1 saturated heterocycles. The fraction of sp³-hybridized carbons (Fsp3) is 0.300. The van der Waals surface area contributed by atoms with E-state index >= 15 is 0 Å². The average Bonchev–Trinajstić information content (AvgIpc) is 2.69. The minimum Gasteiger partial charge on any atom is -0.503 e. The number of aromatic hydroxyl groups is 1. The van der Waals surface area contributed by atoms with Crippen molar-refractivity contribution in [2.45, 2.75) is 6.04 Å². The van der Waals surface area contributed by atoms with Crippen LogP contribution >= 0.6 is 28.3 Å². The molecule has 1 aromatic carbocycles. The molecule has 0 aliphatic carbocycles. The van der Waals surface area contributed by atoms with Crippen LogP contribution in [0.5, 0.6) is 11.5 Å². The number of methoxy groups -OCH3 is 1. The van der Waals surface area contributed by atoms with Crippen LogP contribution in [0.1, 0.15) is 11.6 Å². The molecule has 5 nitrogen and oxygen atoms in total. The molecule has 7 heteroatoms. The van der Waals surface area contributed by atoms with E-state index in [0.717, 1.165) is 5.56 Å². The summed E-state index contributed by atoms with van der Waals surface area (Å²) in [6, 6.07) is 3.18. The Morgan fingerprint density at radius 3 is 2.82 bits per heavy atom. The fourth-order valence-corrected chi connectivity index (χ4v) is 1.97. The molecule has 2 N–H and O–H groups in total. The average molecular weight is 325 g/mol. The van der Waals surface area contributed by atoms with Crippen molar-refractivity contribution in [2.24, 2.45) is 0 Å². The number of halogens is 2. The van der Waals surface area contributed by atoms with E-state index in [2.05, 4.69) is 21.2 Å². The van der Waals surface area contributed by atoms with Crippen LogP contribution in [0.15, 0.2) is 16.6 Å². The summed E-state index contributed by atoms with van der Waals surface area (Å²) < 4.78 is 10.3. The van der Waals surface area contributed by atoms with Gasteiger partial charge in [0.25, 0.3) is 0 Å². The van der Waals surface area contributed by atoms with Gasteiger partial charge in [-0.3, -0.25) is 0 Å². The number of amides is 1. The second kappa shape index (κ2) is 5.46. The number of phenolic OH excluding ortho intramolecular Hbond substituents is 1. The Hall–Kier alpha value is -1.14. The van der Waals surface area contributed by atoms with Gasteiger partial charge in [-0.25, -0.2) is 4.79 Å². The van der Waals surface area contributed by atoms with Crippen LogP contribution in [0.2, 0.25) is 0 Å². The number of cyclic esters (lactones) is 1. The lowest BCUT2D eigenvalue weighted by Gasteiger charge is -2.12. The number of hydrogen-bond donors (Lipinski definition) is 2. The third-order valence-electron chi connectivity index (χ3n) is 2.35. The normalized spacial score (nSPS) is 18.0. The Balaban J connectivity index is 0.00000144. The van der Waals surface area contributed by atoms with E-state index in [0.29, 0.717) is 10.2 Å². The lowest BCUT2D eigenvalue weighted by atomic mass is 10.1. The molecular formula is C10H11BrClNO4. The fourth-order valence-electron chi connectivity index (χ4n) is 1.51. The molecule has 0 spiro atoms. The van der Waals surface area contributed by atoms with Gasteiger partial charge in [0.05, 0.1) is 17.6 Å². The Labute approximate surface area is 113 Å². The molecule has 2 rings (SSSR count). The summed E-state index contributed by atoms with van der Waals surface area (Å²) in [7, 11) is 1.47. The van der Waals surface area contributed by atoms with Crippen molar-refractivity contribution >= 4 is 34.4 Å². The summed E-state index contributed by atoms with van der Waals surface area (Å²) in [5, 5.41) is 12.3. The lowest BCUT2D eigenvalue weighted by Crippen LogP contribution is -2.18. The minimum absolute atomic E-state index is 0. The highest BCUT2D eigenvalue weighted by molar-refractivity contribution is 9.10. The molecule has 1 fully saturated rings. The maximum Gasteiger partial charge on any atom is 0.407 e. The van der Waals surface area contributed by atoms with Crippen LogP contribution in [-0.2, 0) is 4.74 Å². The third-order valence-corrected chi connectivity index (χ3v) is 2.95. The van der Waals surface area contributed by atoms with E-state index in [4.69, 9.17) is 9.47 Å². The molecule has 0 saturated carbocycles. The number of carbonyl (C=O) groups is 1. The monoisotopic (exact) mass is 323 g/mol. The molecule has 1 aromatic rings. The van der Waals surface area contributed by atoms with Gasteiger partial charge in [0.1, 0.15) is 6.61 Å². The largest absolute Gasteiger partial charge is 0.503 e. The molecule has 0 aromatic heterocycles. The van der Waals surface area contributed by atoms with Gasteiger partial charge in [-0.2, -0.15) is 0 Å². The highest BCUT2D eigenvalue weighted by atomic mass is 79.9. The number of carbonyl (C=O) groups excluding carboxylic acids is 1. The molecule has 1 atom stereocenters. The van der Waals surface area contributed by atoms with Crippen LogP contribution in [0.25, 0.3) is 0 Å². The van der Waals surface area contributed by atoms with Crippen molar-refractivity contribution in [3.05, 3.63) is 22.2 Å². The quantitative estimate of drug-likeness (QED) is 0.876. The van der Waals surface area contributed by atoms with Gasteiger partial charge < -0.3 is 19.9 Å². The number of alkyl carbamates (subject to hydrolysis) is 1. The van der Waals surface area contributed by atoms with Gasteiger partial charge in [-0.1, -0.05) is 0 Å². The van der Waals surface area contributed by atoms with Crippen LogP contribution in [0.4, 0.5) is 4.79 Å². The molecular weight excluding hydrogens is 313 g/mol. The Morgan fingerprint density at radius 1 is 1.59 bits per heavy atom. The van der Waals surface area contributed by atoms with Crippen molar-refractivity contribution < 1.29 is 19.4 Å². The maximum atomic E-state index is 10.9. The van der Waals surface area contributed by atoms with Crippen LogP contribution in [0.3, 0.4) is 0 Å². The van der Waals surface area contributed by atoms with Crippen molar-refractivity contribution in [3.8, 4) is 11.5 Å². The van der Waals surface area contributed by atoms with E-state index in [1.54, 1.807) is 12.1 Å². The van der Waals surface area contributed by atoms with E-state index in [-0.39, 0.29) is 30.8 Å². The predicted molar refractivity (Wildman–Crippen MR) is 66.8 cm³/mol. The van der Waals surface area contributed by atoms with E-state index in [1.807, 2.05) is 0 Å². The first-order valence-electron chi connectivity index (χ1n) is 4.61. The third kappa shape index (κ3) is 2.76. The molecule has 94 valence electrons. The van der Waals surface area contributed by atoms with Crippen molar-refractivity contribution in [1.29, 1.82) is 0 Å². The summed E-state index contributed by atoms with van der Waals surface area (Å²) in [6.45, 7) is 0.277. The molecule has 0 unspecified atom stereocenters. The second-order valence-corrected chi connectivity index (χ2v) is 4.20. The van der Waals surface area contributed by atoms with Crippen LogP contribution in [0, 0.1) is 0 Å². The lowest BCUT2D eigenvalue weighted by molar-refractivity contribution is 0.177. The minimum atomic E-state index is -0.437. The Bertz CT molecular complexity index is 441. The predicted octanol–water partition coefficient (Wildman–Crippen LogP) is 2.37. The SMILES string of the molecule is COc1cc([C@@H]2COC(=O)N2)cc(Br)c1O.Cl. The molecule has 1 aliphatic heterocycles. The second-order valence-electron chi connectivity index (χ2n) is 3.35. The van der Waals surface area contributed by atoms with Crippen molar-refractivity contribution in [2.75, 3.05) is 13.7 Å². The van der Waals surface area contributed by atoms with Crippen molar-refractivity contribution in [1.82, 2.24) is 5.32 Å². The van der Waals surface area contributed by atoms with Gasteiger partial charge in [0.15, 0.2) is 11.5 Å². The highest BCUT2D eigenvalue weighted by Crippen LogP contribution is 2.37. The van der Waals surface area contributed by atoms with Gasteiger partial charge in [0.2, 0.25) is 0 Å². The standard InChI is InChI=1S/C10H10BrNO4.ClH/c1-15-8-3-5(2-6(11)9(8)13)7-4-16-10(14)12-7;/h2-3,7,13H,4H2,1H3,(H,12,14);1H/t7-;/m0./s1. The number of nitrogens with one attached hydrogen (secondary N) is 1. The molecule has 17 heavy (non-hydrogen) atoms. The molecule has 1 aliphatic rings. The van der Waals surface area contributed by atoms with Crippen LogP contribution in [-0.4, -0.2) is 24.9 Å². The van der Waals surface area contributed by atoms with Crippen LogP contribution < -0.4 is 10.1 Å². The highest BCUT2D eigenvalue weighted by Gasteiger charge is 2.25. The number of phenols is 1. The van der Waals surface area contributed by atoms with Gasteiger partial charge >= 0.3 is 6.09 Å². The van der Waals surface area contributed by atoms with E-state index < -0.39 is 6.09 Å². The zero-order chi connectivity index (χ0) is 11.7. The maximum absolute atomic E-state index is 10.9. The zero-order valence-corrected chi connectivity index (χ0v) is 11.3. The Morgan fingerprint density at radius 2 is 2.29 bits per heavy atom. The summed E-state index contributed by atoms with van der Waals surface area (Å²) in [5.41, 5.74) is 0.812. The number of benzene rings is 1. The van der Waals surface area contributed by atoms with E-state index in [1.165, 1.54) is 7.11 Å². The number of hydrogen-bond acceptors (Lipinski definition) is 4. The first-order valence-corrected chi connectivity index (χ1v) is 5.41. The number of rotatable bonds is 2. The molecule has 0 bridgehead atoms. The van der Waals surface area contributed by atoms with Gasteiger partial charge in [-0.15, -0.1) is 12.4 Å². The van der Waals surface area contributed by atoms with Gasteiger partial charge in [0, 0.05) is 0 Å². The van der Waals surface area contributed by atoms with E-state index in [9.17, 15) is 9.90 Å². The first-order chi connectivity index (χ1) is 7.61. The molecule has 0 radical (unpaired) electrons. The number of ether oxygens (including phenoxy) is 2. The smallest absolute Gasteiger partial charge is 0.407 e. The summed E-state index contributed by atoms with van der Waals surface area (Å²) in [5.74, 6) is 0.391. The Kier molecular flexibility index (Phi) is 4.47. The first kappa shape index (κ1) is 13.9. The molecule has 1 heterocycles. The zero-order valence-electron chi connectivity index (χ0n) is 8.90. The summed E-state index contributed by atoms with van der Waals surface area (Å²) in [4.78, 5) is 10.9. The summed E-state index contributed by atoms with van der Waals surface area (Å²) >= 11 is 3.22. The van der Waals surface area contributed by atoms with Crippen molar-refractivity contribution in [3.63, 3.8) is 0 Å². The summed E-state index contributed by atoms with van der Waals surface area (Å²) in [6.07, 6.45) is -0.437.